The maximum atomic E-state index is 6.27. The first kappa shape index (κ1) is 33.0. The van der Waals surface area contributed by atoms with Gasteiger partial charge in [0.15, 0.2) is 0 Å². The van der Waals surface area contributed by atoms with E-state index >= 15 is 0 Å². The van der Waals surface area contributed by atoms with Crippen LogP contribution in [0.5, 0.6) is 0 Å². The van der Waals surface area contributed by atoms with Crippen molar-refractivity contribution in [2.24, 2.45) is 11.7 Å². The van der Waals surface area contributed by atoms with Crippen LogP contribution in [-0.4, -0.2) is 50.3 Å². The van der Waals surface area contributed by atoms with E-state index in [1.807, 2.05) is 0 Å². The molecule has 0 aliphatic carbocycles. The quantitative estimate of drug-likeness (QED) is 0.0839. The first-order chi connectivity index (χ1) is 15.9. The van der Waals surface area contributed by atoms with Crippen molar-refractivity contribution in [2.75, 3.05) is 35.5 Å². The second kappa shape index (κ2) is 21.3. The second-order valence-electron chi connectivity index (χ2n) is 9.51. The lowest BCUT2D eigenvalue weighted by Crippen LogP contribution is -2.45. The Balaban J connectivity index is 4.15. The molecule has 6 nitrogen and oxygen atoms in total. The third-order valence-electron chi connectivity index (χ3n) is 7.01. The summed E-state index contributed by atoms with van der Waals surface area (Å²) in [6.45, 7) is 2.28. The van der Waals surface area contributed by atoms with Gasteiger partial charge in [-0.2, -0.15) is 0 Å². The molecule has 0 heterocycles. The molecule has 7 heteroatoms. The van der Waals surface area contributed by atoms with Crippen LogP contribution in [0.3, 0.4) is 0 Å². The van der Waals surface area contributed by atoms with E-state index in [-0.39, 0.29) is 0 Å². The van der Waals surface area contributed by atoms with Gasteiger partial charge in [0.25, 0.3) is 0 Å². The van der Waals surface area contributed by atoms with Crippen LogP contribution in [0.25, 0.3) is 0 Å². The van der Waals surface area contributed by atoms with Gasteiger partial charge in [-0.3, -0.25) is 5.73 Å². The zero-order valence-electron chi connectivity index (χ0n) is 22.9. The summed E-state index contributed by atoms with van der Waals surface area (Å²) in [4.78, 5) is 0. The van der Waals surface area contributed by atoms with Crippen LogP contribution in [0, 0.1) is 5.92 Å². The highest BCUT2D eigenvalue weighted by atomic mass is 28.4. The number of methoxy groups -OCH3 is 2. The van der Waals surface area contributed by atoms with Crippen LogP contribution in [0.15, 0.2) is 0 Å². The molecular weight excluding hydrogens is 434 g/mol. The predicted octanol–water partition coefficient (Wildman–Crippen LogP) is 7.04. The van der Waals surface area contributed by atoms with E-state index in [2.05, 4.69) is 6.92 Å². The summed E-state index contributed by atoms with van der Waals surface area (Å²) in [5, 5.41) is 0. The Hall–Kier alpha value is -0.0231. The molecule has 0 aromatic carbocycles. The Bertz CT molecular complexity index is 411. The molecule has 33 heavy (non-hydrogen) atoms. The fraction of sp³-hybridized carbons (Fsp3) is 1.00. The van der Waals surface area contributed by atoms with Crippen molar-refractivity contribution in [2.45, 2.75) is 128 Å². The van der Waals surface area contributed by atoms with Crippen LogP contribution >= 0.6 is 0 Å². The number of unbranched alkanes of at least 4 members (excludes halogenated alkanes) is 12. The predicted molar refractivity (Wildman–Crippen MR) is 140 cm³/mol. The van der Waals surface area contributed by atoms with Crippen LogP contribution in [0.4, 0.5) is 0 Å². The van der Waals surface area contributed by atoms with E-state index in [9.17, 15) is 0 Å². The first-order valence-corrected chi connectivity index (χ1v) is 15.4. The molecule has 200 valence electrons. The summed E-state index contributed by atoms with van der Waals surface area (Å²) >= 11 is 0. The summed E-state index contributed by atoms with van der Waals surface area (Å²) in [6, 6.07) is 0.809. The van der Waals surface area contributed by atoms with Gasteiger partial charge in [0.1, 0.15) is 0 Å². The highest BCUT2D eigenvalue weighted by Crippen LogP contribution is 2.28. The van der Waals surface area contributed by atoms with Crippen LogP contribution in [0.2, 0.25) is 6.04 Å². The third-order valence-corrected chi connectivity index (χ3v) is 9.84. The van der Waals surface area contributed by atoms with Gasteiger partial charge >= 0.3 is 8.80 Å². The van der Waals surface area contributed by atoms with E-state index in [0.717, 1.165) is 25.3 Å². The molecule has 0 aliphatic heterocycles. The number of ether oxygens (including phenoxy) is 2. The topological polar surface area (TPSA) is 72.2 Å². The molecular formula is C26H57NO5Si. The lowest BCUT2D eigenvalue weighted by atomic mass is 9.91. The minimum atomic E-state index is -2.53. The smallest absolute Gasteiger partial charge is 0.377 e. The highest BCUT2D eigenvalue weighted by Gasteiger charge is 2.37. The maximum absolute atomic E-state index is 6.27. The lowest BCUT2D eigenvalue weighted by Gasteiger charge is -2.31. The standard InChI is InChI=1S/C26H57NO5Si/c1-7-8-9-10-11-12-13-14-15-16-17-18-19-21-25(24-26(27,28-2)29-3)22-20-23-33(30-4,31-5)32-6/h25H,7-24,27H2,1-6H3. The number of hydrogen-bond acceptors (Lipinski definition) is 6. The van der Waals surface area contributed by atoms with Gasteiger partial charge in [-0.1, -0.05) is 103 Å². The van der Waals surface area contributed by atoms with E-state index in [1.165, 1.54) is 83.5 Å². The normalized spacial score (nSPS) is 13.5. The molecule has 0 saturated heterocycles. The van der Waals surface area contributed by atoms with Crippen LogP contribution in [-0.2, 0) is 22.8 Å². The minimum absolute atomic E-state index is 0.444. The summed E-state index contributed by atoms with van der Waals surface area (Å²) in [5.41, 5.74) is 6.27. The summed E-state index contributed by atoms with van der Waals surface area (Å²) < 4.78 is 27.6. The van der Waals surface area contributed by atoms with Gasteiger partial charge in [-0.25, -0.2) is 0 Å². The molecule has 0 aliphatic rings. The number of nitrogens with two attached hydrogens (primary N) is 1. The van der Waals surface area contributed by atoms with Crippen molar-refractivity contribution >= 4 is 8.80 Å². The SMILES string of the molecule is CCCCCCCCCCCCCCCC(CCC[Si](OC)(OC)OC)CC(N)(OC)OC. The molecule has 0 spiro atoms. The second-order valence-corrected chi connectivity index (χ2v) is 12.6. The number of rotatable bonds is 25. The van der Waals surface area contributed by atoms with Crippen molar-refractivity contribution in [1.82, 2.24) is 0 Å². The summed E-state index contributed by atoms with van der Waals surface area (Å²) in [5.74, 6) is -0.570. The van der Waals surface area contributed by atoms with Crippen molar-refractivity contribution in [1.29, 1.82) is 0 Å². The molecule has 0 fully saturated rings. The number of hydrogen-bond donors (Lipinski definition) is 1. The Labute approximate surface area is 207 Å². The maximum Gasteiger partial charge on any atom is 0.500 e. The van der Waals surface area contributed by atoms with Gasteiger partial charge in [-0.15, -0.1) is 0 Å². The van der Waals surface area contributed by atoms with Crippen molar-refractivity contribution < 1.29 is 22.8 Å². The van der Waals surface area contributed by atoms with E-state index in [4.69, 9.17) is 28.5 Å². The molecule has 2 N–H and O–H groups in total. The fourth-order valence-corrected chi connectivity index (χ4v) is 6.36. The Morgan fingerprint density at radius 1 is 0.606 bits per heavy atom. The molecule has 0 saturated carbocycles. The van der Waals surface area contributed by atoms with Crippen molar-refractivity contribution in [3.8, 4) is 0 Å². The monoisotopic (exact) mass is 491 g/mol. The molecule has 0 bridgehead atoms. The van der Waals surface area contributed by atoms with Gasteiger partial charge in [0.2, 0.25) is 5.91 Å². The van der Waals surface area contributed by atoms with Gasteiger partial charge < -0.3 is 22.8 Å². The molecule has 1 atom stereocenters. The molecule has 0 aromatic rings. The van der Waals surface area contributed by atoms with E-state index in [0.29, 0.717) is 12.3 Å². The largest absolute Gasteiger partial charge is 0.500 e. The van der Waals surface area contributed by atoms with Crippen molar-refractivity contribution in [3.63, 3.8) is 0 Å². The third kappa shape index (κ3) is 16.3. The zero-order valence-corrected chi connectivity index (χ0v) is 23.9. The average Bonchev–Trinajstić information content (AvgIpc) is 2.84. The van der Waals surface area contributed by atoms with Gasteiger partial charge in [0.05, 0.1) is 0 Å². The Kier molecular flexibility index (Phi) is 21.3. The molecule has 1 unspecified atom stereocenters. The van der Waals surface area contributed by atoms with E-state index in [1.54, 1.807) is 35.5 Å². The minimum Gasteiger partial charge on any atom is -0.377 e. The van der Waals surface area contributed by atoms with Crippen LogP contribution < -0.4 is 5.73 Å². The Morgan fingerprint density at radius 2 is 1.00 bits per heavy atom. The molecule has 0 amide bonds. The van der Waals surface area contributed by atoms with Gasteiger partial charge in [-0.05, 0) is 12.3 Å². The molecule has 0 rings (SSSR count). The van der Waals surface area contributed by atoms with Crippen molar-refractivity contribution in [3.05, 3.63) is 0 Å². The first-order valence-electron chi connectivity index (χ1n) is 13.5. The highest BCUT2D eigenvalue weighted by molar-refractivity contribution is 6.60. The zero-order chi connectivity index (χ0) is 24.8. The van der Waals surface area contributed by atoms with Gasteiger partial charge in [0, 0.05) is 48.0 Å². The molecule has 0 aromatic heterocycles. The molecule has 0 radical (unpaired) electrons. The fourth-order valence-electron chi connectivity index (χ4n) is 4.62. The summed E-state index contributed by atoms with van der Waals surface area (Å²) in [7, 11) is 5.72. The average molecular weight is 492 g/mol. The Morgan fingerprint density at radius 3 is 1.39 bits per heavy atom. The van der Waals surface area contributed by atoms with Crippen LogP contribution in [0.1, 0.15) is 116 Å². The lowest BCUT2D eigenvalue weighted by molar-refractivity contribution is -0.213. The summed E-state index contributed by atoms with van der Waals surface area (Å²) in [6.07, 6.45) is 21.7. The van der Waals surface area contributed by atoms with E-state index < -0.39 is 14.7 Å².